The molecule has 1 aromatic carbocycles. The Balaban J connectivity index is 1.95. The zero-order valence-corrected chi connectivity index (χ0v) is 11.4. The van der Waals surface area contributed by atoms with Crippen molar-refractivity contribution in [3.05, 3.63) is 48.8 Å². The molecule has 1 heterocycles. The Labute approximate surface area is 116 Å². The summed E-state index contributed by atoms with van der Waals surface area (Å²) >= 11 is 0. The average molecular weight is 300 g/mol. The van der Waals surface area contributed by atoms with Crippen molar-refractivity contribution in [3.8, 4) is 0 Å². The molecule has 1 N–H and O–H groups in total. The Morgan fingerprint density at radius 1 is 1.10 bits per heavy atom. The molecule has 0 unspecified atom stereocenters. The maximum atomic E-state index is 12.4. The number of hydrogen-bond acceptors (Lipinski definition) is 3. The lowest BCUT2D eigenvalue weighted by Gasteiger charge is -2.08. The van der Waals surface area contributed by atoms with E-state index >= 15 is 0 Å². The van der Waals surface area contributed by atoms with Gasteiger partial charge in [-0.1, -0.05) is 0 Å². The number of sulfone groups is 1. The van der Waals surface area contributed by atoms with Crippen LogP contribution < -0.4 is 5.32 Å². The third kappa shape index (κ3) is 3.36. The normalized spacial score (nSPS) is 11.8. The summed E-state index contributed by atoms with van der Waals surface area (Å²) in [4.78, 5) is -0.372. The van der Waals surface area contributed by atoms with E-state index in [9.17, 15) is 17.2 Å². The van der Waals surface area contributed by atoms with Crippen LogP contribution in [0.25, 0.3) is 0 Å². The minimum absolute atomic E-state index is 0.372. The van der Waals surface area contributed by atoms with Gasteiger partial charge in [0, 0.05) is 31.2 Å². The molecule has 20 heavy (non-hydrogen) atoms. The maximum Gasteiger partial charge on any atom is 0.341 e. The van der Waals surface area contributed by atoms with E-state index in [1.807, 2.05) is 29.1 Å². The molecule has 2 rings (SSSR count). The van der Waals surface area contributed by atoms with Gasteiger partial charge < -0.3 is 9.88 Å². The molecule has 0 aliphatic carbocycles. The molecule has 0 saturated heterocycles. The van der Waals surface area contributed by atoms with Crippen LogP contribution in [0.4, 0.5) is 14.5 Å². The summed E-state index contributed by atoms with van der Waals surface area (Å²) < 4.78 is 49.2. The quantitative estimate of drug-likeness (QED) is 0.892. The molecule has 0 bridgehead atoms. The first kappa shape index (κ1) is 14.5. The van der Waals surface area contributed by atoms with Crippen LogP contribution >= 0.6 is 0 Å². The van der Waals surface area contributed by atoms with Gasteiger partial charge >= 0.3 is 5.76 Å². The lowest BCUT2D eigenvalue weighted by molar-refractivity contribution is 0.234. The maximum absolute atomic E-state index is 12.4. The SMILES string of the molecule is O=S(=O)(c1ccc(NCCn2cccc2)cc1)C(F)F. The Bertz CT molecular complexity index is 638. The van der Waals surface area contributed by atoms with Gasteiger partial charge in [0.15, 0.2) is 0 Å². The predicted molar refractivity (Wildman–Crippen MR) is 72.6 cm³/mol. The van der Waals surface area contributed by atoms with E-state index in [4.69, 9.17) is 0 Å². The summed E-state index contributed by atoms with van der Waals surface area (Å²) in [5.41, 5.74) is 0.686. The summed E-state index contributed by atoms with van der Waals surface area (Å²) in [6.07, 6.45) is 3.86. The number of alkyl halides is 2. The van der Waals surface area contributed by atoms with Crippen molar-refractivity contribution >= 4 is 15.5 Å². The van der Waals surface area contributed by atoms with Crippen LogP contribution in [0.5, 0.6) is 0 Å². The standard InChI is InChI=1S/C13H14F2N2O2S/c14-13(15)20(18,19)12-5-3-11(4-6-12)16-7-10-17-8-1-2-9-17/h1-6,8-9,13,16H,7,10H2. The van der Waals surface area contributed by atoms with E-state index in [2.05, 4.69) is 5.32 Å². The number of nitrogens with one attached hydrogen (secondary N) is 1. The lowest BCUT2D eigenvalue weighted by atomic mass is 10.3. The molecule has 108 valence electrons. The van der Waals surface area contributed by atoms with Crippen LogP contribution in [0.3, 0.4) is 0 Å². The topological polar surface area (TPSA) is 51.1 Å². The lowest BCUT2D eigenvalue weighted by Crippen LogP contribution is -2.12. The highest BCUT2D eigenvalue weighted by molar-refractivity contribution is 7.91. The monoisotopic (exact) mass is 300 g/mol. The molecule has 2 aromatic rings. The molecule has 0 spiro atoms. The molecule has 7 heteroatoms. The van der Waals surface area contributed by atoms with Gasteiger partial charge in [0.05, 0.1) is 4.90 Å². The summed E-state index contributed by atoms with van der Waals surface area (Å²) in [7, 11) is -4.51. The molecular formula is C13H14F2N2O2S. The molecular weight excluding hydrogens is 286 g/mol. The van der Waals surface area contributed by atoms with Crippen molar-refractivity contribution in [2.24, 2.45) is 0 Å². The van der Waals surface area contributed by atoms with Crippen molar-refractivity contribution in [2.45, 2.75) is 17.2 Å². The molecule has 0 amide bonds. The average Bonchev–Trinajstić information content (AvgIpc) is 2.92. The zero-order chi connectivity index (χ0) is 14.6. The first-order chi connectivity index (χ1) is 9.50. The summed E-state index contributed by atoms with van der Waals surface area (Å²) in [6.45, 7) is 1.40. The first-order valence-electron chi connectivity index (χ1n) is 5.97. The molecule has 0 atom stereocenters. The Kier molecular flexibility index (Phi) is 4.39. The van der Waals surface area contributed by atoms with E-state index in [0.29, 0.717) is 12.2 Å². The molecule has 4 nitrogen and oxygen atoms in total. The number of anilines is 1. The van der Waals surface area contributed by atoms with Crippen LogP contribution in [-0.2, 0) is 16.4 Å². The van der Waals surface area contributed by atoms with Gasteiger partial charge in [0.2, 0.25) is 9.84 Å². The number of hydrogen-bond donors (Lipinski definition) is 1. The van der Waals surface area contributed by atoms with Gasteiger partial charge in [0.1, 0.15) is 0 Å². The Hall–Kier alpha value is -1.89. The largest absolute Gasteiger partial charge is 0.383 e. The Morgan fingerprint density at radius 3 is 2.25 bits per heavy atom. The fraction of sp³-hybridized carbons (Fsp3) is 0.231. The van der Waals surface area contributed by atoms with E-state index in [1.54, 1.807) is 0 Å². The molecule has 0 aliphatic heterocycles. The highest BCUT2D eigenvalue weighted by Crippen LogP contribution is 2.20. The second kappa shape index (κ2) is 6.04. The van der Waals surface area contributed by atoms with Crippen LogP contribution in [0.1, 0.15) is 0 Å². The van der Waals surface area contributed by atoms with Gasteiger partial charge in [-0.25, -0.2) is 8.42 Å². The number of halogens is 2. The molecule has 0 fully saturated rings. The van der Waals surface area contributed by atoms with Gasteiger partial charge in [-0.2, -0.15) is 8.78 Å². The van der Waals surface area contributed by atoms with Crippen molar-refractivity contribution in [2.75, 3.05) is 11.9 Å². The fourth-order valence-electron chi connectivity index (χ4n) is 1.71. The fourth-order valence-corrected chi connectivity index (χ4v) is 2.44. The van der Waals surface area contributed by atoms with Crippen LogP contribution in [0.15, 0.2) is 53.7 Å². The van der Waals surface area contributed by atoms with Crippen LogP contribution in [0.2, 0.25) is 0 Å². The third-order valence-corrected chi connectivity index (χ3v) is 4.18. The number of nitrogens with zero attached hydrogens (tertiary/aromatic N) is 1. The van der Waals surface area contributed by atoms with E-state index in [1.165, 1.54) is 24.3 Å². The second-order valence-corrected chi connectivity index (χ2v) is 6.10. The van der Waals surface area contributed by atoms with Crippen LogP contribution in [0, 0.1) is 0 Å². The van der Waals surface area contributed by atoms with Gasteiger partial charge in [-0.05, 0) is 36.4 Å². The number of aromatic nitrogens is 1. The van der Waals surface area contributed by atoms with Gasteiger partial charge in [-0.3, -0.25) is 0 Å². The van der Waals surface area contributed by atoms with Crippen molar-refractivity contribution in [3.63, 3.8) is 0 Å². The highest BCUT2D eigenvalue weighted by atomic mass is 32.2. The Morgan fingerprint density at radius 2 is 1.70 bits per heavy atom. The summed E-state index contributed by atoms with van der Waals surface area (Å²) in [5.74, 6) is -3.39. The van der Waals surface area contributed by atoms with Crippen molar-refractivity contribution in [1.82, 2.24) is 4.57 Å². The number of benzene rings is 1. The van der Waals surface area contributed by atoms with Crippen molar-refractivity contribution < 1.29 is 17.2 Å². The van der Waals surface area contributed by atoms with E-state index < -0.39 is 15.6 Å². The minimum Gasteiger partial charge on any atom is -0.383 e. The summed E-state index contributed by atoms with van der Waals surface area (Å²) in [5, 5.41) is 3.09. The molecule has 1 aromatic heterocycles. The minimum atomic E-state index is -4.51. The highest BCUT2D eigenvalue weighted by Gasteiger charge is 2.26. The summed E-state index contributed by atoms with van der Waals surface area (Å²) in [6, 6.07) is 9.16. The van der Waals surface area contributed by atoms with Crippen LogP contribution in [-0.4, -0.2) is 25.3 Å². The molecule has 0 radical (unpaired) electrons. The predicted octanol–water partition coefficient (Wildman–Crippen LogP) is 2.60. The zero-order valence-electron chi connectivity index (χ0n) is 10.5. The first-order valence-corrected chi connectivity index (χ1v) is 7.51. The van der Waals surface area contributed by atoms with Gasteiger partial charge in [-0.15, -0.1) is 0 Å². The van der Waals surface area contributed by atoms with E-state index in [-0.39, 0.29) is 4.90 Å². The molecule has 0 saturated carbocycles. The third-order valence-electron chi connectivity index (χ3n) is 2.78. The van der Waals surface area contributed by atoms with E-state index in [0.717, 1.165) is 6.54 Å². The number of rotatable bonds is 6. The second-order valence-electron chi connectivity index (χ2n) is 4.18. The molecule has 0 aliphatic rings. The van der Waals surface area contributed by atoms with Crippen molar-refractivity contribution in [1.29, 1.82) is 0 Å². The van der Waals surface area contributed by atoms with Gasteiger partial charge in [0.25, 0.3) is 0 Å². The smallest absolute Gasteiger partial charge is 0.341 e.